The molecular formula is C26H34BrCl2N3O6S3. The van der Waals surface area contributed by atoms with E-state index in [9.17, 15) is 21.6 Å². The van der Waals surface area contributed by atoms with E-state index in [-0.39, 0.29) is 9.10 Å². The normalized spacial score (nSPS) is 19.0. The van der Waals surface area contributed by atoms with E-state index >= 15 is 0 Å². The summed E-state index contributed by atoms with van der Waals surface area (Å²) in [5.41, 5.74) is 0.772. The summed E-state index contributed by atoms with van der Waals surface area (Å²) in [6, 6.07) is 4.83. The molecule has 0 saturated carbocycles. The molecule has 2 fully saturated rings. The molecule has 0 spiro atoms. The Morgan fingerprint density at radius 1 is 1.05 bits per heavy atom. The van der Waals surface area contributed by atoms with Gasteiger partial charge in [-0.05, 0) is 84.6 Å². The number of hydrogen-bond acceptors (Lipinski definition) is 7. The van der Waals surface area contributed by atoms with Gasteiger partial charge in [-0.15, -0.1) is 11.3 Å². The number of anilines is 1. The van der Waals surface area contributed by atoms with Gasteiger partial charge >= 0.3 is 5.97 Å². The van der Waals surface area contributed by atoms with Crippen molar-refractivity contribution in [3.8, 4) is 0 Å². The topological polar surface area (TPSA) is 124 Å². The molecule has 0 bridgehead atoms. The third-order valence-electron chi connectivity index (χ3n) is 7.90. The number of nitrogens with one attached hydrogen (secondary N) is 1. The van der Waals surface area contributed by atoms with Crippen molar-refractivity contribution in [2.24, 2.45) is 11.8 Å². The average Bonchev–Trinajstić information content (AvgIpc) is 3.28. The van der Waals surface area contributed by atoms with Crippen LogP contribution in [0.5, 0.6) is 0 Å². The summed E-state index contributed by atoms with van der Waals surface area (Å²) in [6.45, 7) is 3.98. The van der Waals surface area contributed by atoms with Gasteiger partial charge in [-0.2, -0.15) is 9.03 Å². The summed E-state index contributed by atoms with van der Waals surface area (Å²) < 4.78 is 55.9. The van der Waals surface area contributed by atoms with Crippen LogP contribution in [0.15, 0.2) is 37.8 Å². The van der Waals surface area contributed by atoms with E-state index in [1.165, 1.54) is 19.1 Å². The summed E-state index contributed by atoms with van der Waals surface area (Å²) in [5.74, 6) is -0.125. The third-order valence-corrected chi connectivity index (χ3v) is 14.6. The van der Waals surface area contributed by atoms with Crippen LogP contribution < -0.4 is 9.62 Å². The molecule has 4 rings (SSSR count). The minimum Gasteiger partial charge on any atom is -0.480 e. The number of hydrogen-bond donors (Lipinski definition) is 2. The fourth-order valence-corrected chi connectivity index (χ4v) is 11.0. The largest absolute Gasteiger partial charge is 0.480 e. The van der Waals surface area contributed by atoms with Crippen molar-refractivity contribution in [2.45, 2.75) is 67.0 Å². The zero-order chi connectivity index (χ0) is 29.9. The van der Waals surface area contributed by atoms with Crippen LogP contribution in [0.4, 0.5) is 5.69 Å². The summed E-state index contributed by atoms with van der Waals surface area (Å²) in [4.78, 5) is 13.1. The molecule has 0 radical (unpaired) electrons. The first kappa shape index (κ1) is 33.0. The second-order valence-electron chi connectivity index (χ2n) is 10.7. The molecule has 0 amide bonds. The lowest BCUT2D eigenvalue weighted by Crippen LogP contribution is -2.38. The lowest BCUT2D eigenvalue weighted by molar-refractivity contribution is -0.138. The highest BCUT2D eigenvalue weighted by molar-refractivity contribution is 9.10. The van der Waals surface area contributed by atoms with E-state index in [4.69, 9.17) is 28.3 Å². The van der Waals surface area contributed by atoms with E-state index in [0.717, 1.165) is 75.1 Å². The Morgan fingerprint density at radius 3 is 2.15 bits per heavy atom. The summed E-state index contributed by atoms with van der Waals surface area (Å²) in [5, 5.41) is 9.31. The zero-order valence-corrected chi connectivity index (χ0v) is 28.1. The molecule has 1 aromatic carbocycles. The minimum atomic E-state index is -4.00. The molecular weight excluding hydrogens is 697 g/mol. The quantitative estimate of drug-likeness (QED) is 0.288. The second-order valence-corrected chi connectivity index (χ2v) is 17.5. The van der Waals surface area contributed by atoms with Gasteiger partial charge in [-0.3, -0.25) is 4.79 Å². The number of halogens is 3. The molecule has 15 heteroatoms. The van der Waals surface area contributed by atoms with Crippen LogP contribution >= 0.6 is 50.5 Å². The van der Waals surface area contributed by atoms with E-state index in [1.807, 2.05) is 0 Å². The van der Waals surface area contributed by atoms with Gasteiger partial charge in [0.15, 0.2) is 0 Å². The Kier molecular flexibility index (Phi) is 11.1. The van der Waals surface area contributed by atoms with Crippen LogP contribution in [-0.4, -0.2) is 64.4 Å². The predicted molar refractivity (Wildman–Crippen MR) is 166 cm³/mol. The standard InChI is InChI=1S/C26H34BrCl2N3O6S3/c1-17(26(33)34)30-40(35,36)20-5-6-23(22(28)15-20)31-11-7-18(8-12-31)3-2-4-19-9-13-32(14-10-19)41(37,38)24-16-21(27)25(29)39-24/h5-6,15-19,30H,2-4,7-14H2,1H3,(H,33,34). The zero-order valence-electron chi connectivity index (χ0n) is 22.6. The van der Waals surface area contributed by atoms with Crippen molar-refractivity contribution in [3.63, 3.8) is 0 Å². The SMILES string of the molecule is CC(NS(=O)(=O)c1ccc(N2CCC(CCCC3CCN(S(=O)(=O)c4cc(Br)c(Cl)s4)CC3)CC2)c(Cl)c1)C(=O)O. The number of piperidine rings is 2. The number of sulfonamides is 2. The number of thiophene rings is 1. The number of benzene rings is 1. The van der Waals surface area contributed by atoms with Crippen molar-refractivity contribution in [2.75, 3.05) is 31.1 Å². The maximum Gasteiger partial charge on any atom is 0.321 e. The van der Waals surface area contributed by atoms with Crippen molar-refractivity contribution >= 4 is 82.2 Å². The molecule has 0 aliphatic carbocycles. The number of nitrogens with zero attached hydrogens (tertiary/aromatic N) is 2. The lowest BCUT2D eigenvalue weighted by atomic mass is 9.87. The smallest absolute Gasteiger partial charge is 0.321 e. The predicted octanol–water partition coefficient (Wildman–Crippen LogP) is 6.06. The molecule has 1 atom stereocenters. The van der Waals surface area contributed by atoms with Gasteiger partial charge in [-0.1, -0.05) is 42.5 Å². The first-order chi connectivity index (χ1) is 19.3. The van der Waals surface area contributed by atoms with Crippen molar-refractivity contribution in [1.82, 2.24) is 9.03 Å². The average molecular weight is 732 g/mol. The Hall–Kier alpha value is -0.930. The van der Waals surface area contributed by atoms with Crippen LogP contribution in [0, 0.1) is 11.8 Å². The number of carbonyl (C=O) groups is 1. The third kappa shape index (κ3) is 8.17. The van der Waals surface area contributed by atoms with Gasteiger partial charge in [0.2, 0.25) is 10.0 Å². The van der Waals surface area contributed by atoms with Crippen molar-refractivity contribution in [3.05, 3.63) is 38.1 Å². The van der Waals surface area contributed by atoms with Gasteiger partial charge in [0.25, 0.3) is 10.0 Å². The Labute approximate surface area is 264 Å². The number of aliphatic carboxylic acids is 1. The van der Waals surface area contributed by atoms with Crippen molar-refractivity contribution in [1.29, 1.82) is 0 Å². The number of rotatable bonds is 11. The fraction of sp³-hybridized carbons (Fsp3) is 0.577. The second kappa shape index (κ2) is 13.8. The highest BCUT2D eigenvalue weighted by atomic mass is 79.9. The van der Waals surface area contributed by atoms with E-state index < -0.39 is 32.1 Å². The van der Waals surface area contributed by atoms with Crippen LogP contribution in [0.3, 0.4) is 0 Å². The molecule has 2 N–H and O–H groups in total. The summed E-state index contributed by atoms with van der Waals surface area (Å²) in [7, 11) is -7.50. The molecule has 2 aliphatic rings. The molecule has 3 heterocycles. The van der Waals surface area contributed by atoms with Gasteiger partial charge in [0, 0.05) is 30.7 Å². The molecule has 1 aromatic heterocycles. The Morgan fingerprint density at radius 2 is 1.63 bits per heavy atom. The van der Waals surface area contributed by atoms with E-state index in [0.29, 0.717) is 38.8 Å². The maximum absolute atomic E-state index is 12.9. The summed E-state index contributed by atoms with van der Waals surface area (Å²) >= 11 is 16.9. The van der Waals surface area contributed by atoms with E-state index in [1.54, 1.807) is 16.4 Å². The van der Waals surface area contributed by atoms with Crippen LogP contribution in [0.2, 0.25) is 9.36 Å². The lowest BCUT2D eigenvalue weighted by Gasteiger charge is -2.35. The molecule has 228 valence electrons. The number of carboxylic acid groups (broad SMARTS) is 1. The first-order valence-electron chi connectivity index (χ1n) is 13.5. The first-order valence-corrected chi connectivity index (χ1v) is 18.8. The highest BCUT2D eigenvalue weighted by Gasteiger charge is 2.31. The van der Waals surface area contributed by atoms with Gasteiger partial charge < -0.3 is 10.0 Å². The molecule has 9 nitrogen and oxygen atoms in total. The van der Waals surface area contributed by atoms with E-state index in [2.05, 4.69) is 25.6 Å². The van der Waals surface area contributed by atoms with Gasteiger partial charge in [0.1, 0.15) is 14.6 Å². The molecule has 41 heavy (non-hydrogen) atoms. The van der Waals surface area contributed by atoms with Gasteiger partial charge in [0.05, 0.1) is 15.6 Å². The molecule has 1 unspecified atom stereocenters. The van der Waals surface area contributed by atoms with Crippen LogP contribution in [0.25, 0.3) is 0 Å². The minimum absolute atomic E-state index is 0.0679. The monoisotopic (exact) mass is 729 g/mol. The fourth-order valence-electron chi connectivity index (χ4n) is 5.44. The highest BCUT2D eigenvalue weighted by Crippen LogP contribution is 2.38. The maximum atomic E-state index is 12.9. The molecule has 2 saturated heterocycles. The van der Waals surface area contributed by atoms with Gasteiger partial charge in [-0.25, -0.2) is 16.8 Å². The van der Waals surface area contributed by atoms with Crippen LogP contribution in [-0.2, 0) is 24.8 Å². The number of carboxylic acids is 1. The van der Waals surface area contributed by atoms with Crippen LogP contribution in [0.1, 0.15) is 51.9 Å². The Bertz CT molecular complexity index is 1440. The Balaban J connectivity index is 1.20. The molecule has 2 aromatic rings. The molecule has 2 aliphatic heterocycles. The van der Waals surface area contributed by atoms with Crippen molar-refractivity contribution < 1.29 is 26.7 Å². The summed E-state index contributed by atoms with van der Waals surface area (Å²) in [6.07, 6.45) is 7.12.